The van der Waals surface area contributed by atoms with Crippen molar-refractivity contribution in [1.29, 1.82) is 0 Å². The van der Waals surface area contributed by atoms with E-state index in [0.717, 1.165) is 5.75 Å². The van der Waals surface area contributed by atoms with Crippen molar-refractivity contribution >= 4 is 0 Å². The van der Waals surface area contributed by atoms with Crippen LogP contribution in [-0.2, 0) is 4.74 Å². The van der Waals surface area contributed by atoms with Crippen molar-refractivity contribution in [3.8, 4) is 5.75 Å². The largest absolute Gasteiger partial charge is 0.491 e. The summed E-state index contributed by atoms with van der Waals surface area (Å²) in [4.78, 5) is 0. The second-order valence-electron chi connectivity index (χ2n) is 3.66. The van der Waals surface area contributed by atoms with Gasteiger partial charge < -0.3 is 19.7 Å². The molecule has 1 rings (SSSR count). The second kappa shape index (κ2) is 7.22. The molecule has 2 atom stereocenters. The summed E-state index contributed by atoms with van der Waals surface area (Å²) in [6.07, 6.45) is -1.19. The SMILES string of the molecule is CC(O)COCC(O)COc1ccccc1. The number of aliphatic hydroxyl groups excluding tert-OH is 2. The third-order valence-corrected chi connectivity index (χ3v) is 1.85. The molecule has 0 spiro atoms. The number of ether oxygens (including phenoxy) is 2. The molecule has 4 nitrogen and oxygen atoms in total. The first-order valence-corrected chi connectivity index (χ1v) is 5.30. The van der Waals surface area contributed by atoms with Gasteiger partial charge in [-0.2, -0.15) is 0 Å². The van der Waals surface area contributed by atoms with Gasteiger partial charge in [0.25, 0.3) is 0 Å². The first-order valence-electron chi connectivity index (χ1n) is 5.30. The molecule has 0 aliphatic carbocycles. The van der Waals surface area contributed by atoms with Gasteiger partial charge in [0.1, 0.15) is 18.5 Å². The summed E-state index contributed by atoms with van der Waals surface area (Å²) in [6.45, 7) is 2.21. The molecule has 0 saturated carbocycles. The average molecular weight is 226 g/mol. The van der Waals surface area contributed by atoms with Crippen LogP contribution in [0.5, 0.6) is 5.75 Å². The summed E-state index contributed by atoms with van der Waals surface area (Å²) >= 11 is 0. The highest BCUT2D eigenvalue weighted by Crippen LogP contribution is 2.08. The fourth-order valence-electron chi connectivity index (χ4n) is 1.13. The Bertz CT molecular complexity index is 274. The summed E-state index contributed by atoms with van der Waals surface area (Å²) in [5.41, 5.74) is 0. The zero-order valence-electron chi connectivity index (χ0n) is 9.37. The van der Waals surface area contributed by atoms with E-state index in [4.69, 9.17) is 14.6 Å². The lowest BCUT2D eigenvalue weighted by Crippen LogP contribution is -2.25. The van der Waals surface area contributed by atoms with Crippen LogP contribution in [0.1, 0.15) is 6.92 Å². The first kappa shape index (κ1) is 13.0. The lowest BCUT2D eigenvalue weighted by molar-refractivity contribution is -0.0163. The Balaban J connectivity index is 2.13. The molecule has 1 aromatic rings. The summed E-state index contributed by atoms with van der Waals surface area (Å²) < 4.78 is 10.4. The number of para-hydroxylation sites is 1. The molecule has 0 saturated heterocycles. The lowest BCUT2D eigenvalue weighted by atomic mass is 10.3. The van der Waals surface area contributed by atoms with Crippen LogP contribution >= 0.6 is 0 Å². The van der Waals surface area contributed by atoms with Gasteiger partial charge in [-0.15, -0.1) is 0 Å². The van der Waals surface area contributed by atoms with Crippen LogP contribution in [0.4, 0.5) is 0 Å². The molecule has 0 aliphatic heterocycles. The molecule has 0 aliphatic rings. The van der Waals surface area contributed by atoms with Gasteiger partial charge in [-0.3, -0.25) is 0 Å². The van der Waals surface area contributed by atoms with Crippen molar-refractivity contribution < 1.29 is 19.7 Å². The fraction of sp³-hybridized carbons (Fsp3) is 0.500. The van der Waals surface area contributed by atoms with E-state index in [2.05, 4.69) is 0 Å². The van der Waals surface area contributed by atoms with Gasteiger partial charge in [-0.1, -0.05) is 18.2 Å². The smallest absolute Gasteiger partial charge is 0.119 e. The summed E-state index contributed by atoms with van der Waals surface area (Å²) in [5.74, 6) is 0.720. The predicted octanol–water partition coefficient (Wildman–Crippen LogP) is 0.824. The van der Waals surface area contributed by atoms with Crippen LogP contribution in [-0.4, -0.2) is 42.2 Å². The molecule has 2 unspecified atom stereocenters. The third kappa shape index (κ3) is 5.70. The van der Waals surface area contributed by atoms with Crippen LogP contribution in [0, 0.1) is 0 Å². The van der Waals surface area contributed by atoms with Gasteiger partial charge in [0.15, 0.2) is 0 Å². The highest BCUT2D eigenvalue weighted by Gasteiger charge is 2.06. The van der Waals surface area contributed by atoms with Crippen molar-refractivity contribution in [2.24, 2.45) is 0 Å². The summed E-state index contributed by atoms with van der Waals surface area (Å²) in [5, 5.41) is 18.4. The molecule has 0 fully saturated rings. The van der Waals surface area contributed by atoms with E-state index >= 15 is 0 Å². The van der Waals surface area contributed by atoms with Crippen LogP contribution in [0.2, 0.25) is 0 Å². The van der Waals surface area contributed by atoms with Crippen molar-refractivity contribution in [1.82, 2.24) is 0 Å². The Morgan fingerprint density at radius 3 is 2.38 bits per heavy atom. The molecule has 4 heteroatoms. The molecule has 0 radical (unpaired) electrons. The quantitative estimate of drug-likeness (QED) is 0.723. The number of hydrogen-bond donors (Lipinski definition) is 2. The Kier molecular flexibility index (Phi) is 5.85. The topological polar surface area (TPSA) is 58.9 Å². The van der Waals surface area contributed by atoms with Gasteiger partial charge in [0.2, 0.25) is 0 Å². The van der Waals surface area contributed by atoms with Crippen molar-refractivity contribution in [2.45, 2.75) is 19.1 Å². The standard InChI is InChI=1S/C12H18O4/c1-10(13)7-15-8-11(14)9-16-12-5-3-2-4-6-12/h2-6,10-11,13-14H,7-9H2,1H3. The monoisotopic (exact) mass is 226 g/mol. The Labute approximate surface area is 95.4 Å². The molecule has 0 amide bonds. The molecule has 0 bridgehead atoms. The Hall–Kier alpha value is -1.10. The van der Waals surface area contributed by atoms with Crippen molar-refractivity contribution in [3.63, 3.8) is 0 Å². The normalized spacial score (nSPS) is 14.4. The van der Waals surface area contributed by atoms with Gasteiger partial charge in [0.05, 0.1) is 19.3 Å². The molecule has 16 heavy (non-hydrogen) atoms. The highest BCUT2D eigenvalue weighted by molar-refractivity contribution is 5.20. The molecular formula is C12H18O4. The van der Waals surface area contributed by atoms with E-state index in [9.17, 15) is 5.11 Å². The zero-order valence-corrected chi connectivity index (χ0v) is 9.37. The second-order valence-corrected chi connectivity index (χ2v) is 3.66. The first-order chi connectivity index (χ1) is 7.68. The lowest BCUT2D eigenvalue weighted by Gasteiger charge is -2.13. The van der Waals surface area contributed by atoms with E-state index in [0.29, 0.717) is 0 Å². The van der Waals surface area contributed by atoms with Crippen molar-refractivity contribution in [2.75, 3.05) is 19.8 Å². The van der Waals surface area contributed by atoms with E-state index < -0.39 is 12.2 Å². The van der Waals surface area contributed by atoms with Crippen LogP contribution in [0.25, 0.3) is 0 Å². The number of aliphatic hydroxyl groups is 2. The molecule has 90 valence electrons. The van der Waals surface area contributed by atoms with Gasteiger partial charge >= 0.3 is 0 Å². The number of benzene rings is 1. The fourth-order valence-corrected chi connectivity index (χ4v) is 1.13. The van der Waals surface area contributed by atoms with Gasteiger partial charge in [0, 0.05) is 0 Å². The van der Waals surface area contributed by atoms with Crippen LogP contribution in [0.3, 0.4) is 0 Å². The van der Waals surface area contributed by atoms with Crippen molar-refractivity contribution in [3.05, 3.63) is 30.3 Å². The van der Waals surface area contributed by atoms with Crippen LogP contribution < -0.4 is 4.74 Å². The van der Waals surface area contributed by atoms with E-state index in [1.54, 1.807) is 6.92 Å². The molecule has 2 N–H and O–H groups in total. The molecular weight excluding hydrogens is 208 g/mol. The van der Waals surface area contributed by atoms with Gasteiger partial charge in [-0.05, 0) is 19.1 Å². The van der Waals surface area contributed by atoms with E-state index in [1.807, 2.05) is 30.3 Å². The summed E-state index contributed by atoms with van der Waals surface area (Å²) in [6, 6.07) is 9.28. The third-order valence-electron chi connectivity index (χ3n) is 1.85. The minimum atomic E-state index is -0.682. The maximum atomic E-state index is 9.49. The molecule has 0 aromatic heterocycles. The molecule has 1 aromatic carbocycles. The number of hydrogen-bond acceptors (Lipinski definition) is 4. The average Bonchev–Trinajstić information content (AvgIpc) is 2.27. The van der Waals surface area contributed by atoms with Gasteiger partial charge in [-0.25, -0.2) is 0 Å². The number of rotatable bonds is 7. The van der Waals surface area contributed by atoms with E-state index in [-0.39, 0.29) is 19.8 Å². The van der Waals surface area contributed by atoms with E-state index in [1.165, 1.54) is 0 Å². The zero-order chi connectivity index (χ0) is 11.8. The maximum absolute atomic E-state index is 9.49. The predicted molar refractivity (Wildman–Crippen MR) is 60.4 cm³/mol. The minimum absolute atomic E-state index is 0.164. The Morgan fingerprint density at radius 2 is 1.75 bits per heavy atom. The maximum Gasteiger partial charge on any atom is 0.119 e. The minimum Gasteiger partial charge on any atom is -0.491 e. The Morgan fingerprint density at radius 1 is 1.06 bits per heavy atom. The highest BCUT2D eigenvalue weighted by atomic mass is 16.5. The summed E-state index contributed by atoms with van der Waals surface area (Å²) in [7, 11) is 0. The van der Waals surface area contributed by atoms with Crippen LogP contribution in [0.15, 0.2) is 30.3 Å². The molecule has 0 heterocycles.